The van der Waals surface area contributed by atoms with Crippen LogP contribution in [0.2, 0.25) is 5.02 Å². The molecule has 1 aromatic rings. The molecular weight excluding hydrogens is 214 g/mol. The SMILES string of the molecule is CC(C)C(C(N)=S)c1ccc(Cl)cc1. The molecule has 0 aliphatic heterocycles. The normalized spacial score (nSPS) is 12.9. The van der Waals surface area contributed by atoms with Gasteiger partial charge in [-0.2, -0.15) is 0 Å². The fourth-order valence-electron chi connectivity index (χ4n) is 1.55. The average Bonchev–Trinajstić information content (AvgIpc) is 2.07. The zero-order chi connectivity index (χ0) is 10.7. The lowest BCUT2D eigenvalue weighted by atomic mass is 9.88. The number of hydrogen-bond donors (Lipinski definition) is 1. The van der Waals surface area contributed by atoms with E-state index in [2.05, 4.69) is 13.8 Å². The predicted molar refractivity (Wildman–Crippen MR) is 65.8 cm³/mol. The number of nitrogens with two attached hydrogens (primary N) is 1. The van der Waals surface area contributed by atoms with Gasteiger partial charge in [0.1, 0.15) is 0 Å². The maximum atomic E-state index is 5.81. The zero-order valence-corrected chi connectivity index (χ0v) is 9.90. The van der Waals surface area contributed by atoms with Crippen LogP contribution in [-0.4, -0.2) is 4.99 Å². The van der Waals surface area contributed by atoms with Crippen LogP contribution in [0.5, 0.6) is 0 Å². The molecule has 1 aromatic carbocycles. The van der Waals surface area contributed by atoms with Crippen molar-refractivity contribution in [3.05, 3.63) is 34.9 Å². The number of hydrogen-bond acceptors (Lipinski definition) is 1. The summed E-state index contributed by atoms with van der Waals surface area (Å²) in [6.07, 6.45) is 0. The van der Waals surface area contributed by atoms with Crippen LogP contribution in [-0.2, 0) is 0 Å². The van der Waals surface area contributed by atoms with Gasteiger partial charge in [0.2, 0.25) is 0 Å². The minimum atomic E-state index is 0.141. The van der Waals surface area contributed by atoms with E-state index in [0.29, 0.717) is 10.9 Å². The highest BCUT2D eigenvalue weighted by molar-refractivity contribution is 7.80. The topological polar surface area (TPSA) is 26.0 Å². The highest BCUT2D eigenvalue weighted by Gasteiger charge is 2.18. The first-order valence-corrected chi connectivity index (χ1v) is 5.35. The van der Waals surface area contributed by atoms with E-state index in [1.165, 1.54) is 0 Å². The fourth-order valence-corrected chi connectivity index (χ4v) is 2.08. The zero-order valence-electron chi connectivity index (χ0n) is 8.33. The van der Waals surface area contributed by atoms with Crippen molar-refractivity contribution >= 4 is 28.8 Å². The molecular formula is C11H14ClNS. The van der Waals surface area contributed by atoms with Gasteiger partial charge < -0.3 is 5.73 Å². The molecule has 2 N–H and O–H groups in total. The van der Waals surface area contributed by atoms with Gasteiger partial charge in [-0.15, -0.1) is 0 Å². The molecule has 0 aliphatic rings. The largest absolute Gasteiger partial charge is 0.393 e. The minimum Gasteiger partial charge on any atom is -0.393 e. The van der Waals surface area contributed by atoms with E-state index in [9.17, 15) is 0 Å². The van der Waals surface area contributed by atoms with E-state index >= 15 is 0 Å². The van der Waals surface area contributed by atoms with Crippen molar-refractivity contribution in [1.82, 2.24) is 0 Å². The van der Waals surface area contributed by atoms with Gasteiger partial charge in [-0.3, -0.25) is 0 Å². The molecule has 76 valence electrons. The van der Waals surface area contributed by atoms with E-state index < -0.39 is 0 Å². The molecule has 0 saturated heterocycles. The lowest BCUT2D eigenvalue weighted by Crippen LogP contribution is -2.23. The Labute approximate surface area is 95.3 Å². The van der Waals surface area contributed by atoms with Crippen LogP contribution in [0.3, 0.4) is 0 Å². The maximum absolute atomic E-state index is 5.81. The molecule has 1 unspecified atom stereocenters. The number of benzene rings is 1. The lowest BCUT2D eigenvalue weighted by Gasteiger charge is -2.19. The van der Waals surface area contributed by atoms with Crippen molar-refractivity contribution in [1.29, 1.82) is 0 Å². The Balaban J connectivity index is 3.00. The number of rotatable bonds is 3. The molecule has 0 fully saturated rings. The third kappa shape index (κ3) is 2.69. The molecule has 1 rings (SSSR count). The van der Waals surface area contributed by atoms with Crippen LogP contribution in [0, 0.1) is 5.92 Å². The van der Waals surface area contributed by atoms with E-state index in [4.69, 9.17) is 29.6 Å². The predicted octanol–water partition coefficient (Wildman–Crippen LogP) is 3.37. The molecule has 1 atom stereocenters. The van der Waals surface area contributed by atoms with Gasteiger partial charge in [0, 0.05) is 10.9 Å². The van der Waals surface area contributed by atoms with Crippen molar-refractivity contribution in [2.45, 2.75) is 19.8 Å². The Hall–Kier alpha value is -0.600. The molecule has 1 nitrogen and oxygen atoms in total. The molecule has 0 amide bonds. The molecule has 0 aliphatic carbocycles. The van der Waals surface area contributed by atoms with Crippen molar-refractivity contribution in [2.24, 2.45) is 11.7 Å². The average molecular weight is 228 g/mol. The van der Waals surface area contributed by atoms with E-state index in [1.807, 2.05) is 24.3 Å². The first kappa shape index (κ1) is 11.5. The number of halogens is 1. The first-order valence-electron chi connectivity index (χ1n) is 4.57. The summed E-state index contributed by atoms with van der Waals surface area (Å²) in [6, 6.07) is 7.69. The van der Waals surface area contributed by atoms with E-state index in [0.717, 1.165) is 10.6 Å². The molecule has 0 radical (unpaired) electrons. The second-order valence-electron chi connectivity index (χ2n) is 3.68. The van der Waals surface area contributed by atoms with Crippen LogP contribution < -0.4 is 5.73 Å². The summed E-state index contributed by atoms with van der Waals surface area (Å²) in [5.41, 5.74) is 6.84. The third-order valence-electron chi connectivity index (χ3n) is 2.20. The second kappa shape index (κ2) is 4.76. The highest BCUT2D eigenvalue weighted by Crippen LogP contribution is 2.25. The van der Waals surface area contributed by atoms with Crippen LogP contribution >= 0.6 is 23.8 Å². The molecule has 0 saturated carbocycles. The van der Waals surface area contributed by atoms with Crippen molar-refractivity contribution in [2.75, 3.05) is 0 Å². The molecule has 3 heteroatoms. The maximum Gasteiger partial charge on any atom is 0.0805 e. The summed E-state index contributed by atoms with van der Waals surface area (Å²) in [5.74, 6) is 0.552. The third-order valence-corrected chi connectivity index (χ3v) is 2.71. The monoisotopic (exact) mass is 227 g/mol. The van der Waals surface area contributed by atoms with Crippen LogP contribution in [0.1, 0.15) is 25.3 Å². The van der Waals surface area contributed by atoms with Gasteiger partial charge in [-0.25, -0.2) is 0 Å². The highest BCUT2D eigenvalue weighted by atomic mass is 35.5. The van der Waals surface area contributed by atoms with E-state index in [-0.39, 0.29) is 5.92 Å². The minimum absolute atomic E-state index is 0.141. The fraction of sp³-hybridized carbons (Fsp3) is 0.364. The van der Waals surface area contributed by atoms with E-state index in [1.54, 1.807) is 0 Å². The van der Waals surface area contributed by atoms with Crippen molar-refractivity contribution in [3.63, 3.8) is 0 Å². The molecule has 0 heterocycles. The van der Waals surface area contributed by atoms with Gasteiger partial charge in [0.25, 0.3) is 0 Å². The van der Waals surface area contributed by atoms with Gasteiger partial charge in [-0.05, 0) is 23.6 Å². The Morgan fingerprint density at radius 1 is 1.29 bits per heavy atom. The molecule has 0 aromatic heterocycles. The Morgan fingerprint density at radius 2 is 1.79 bits per heavy atom. The standard InChI is InChI=1S/C11H14ClNS/c1-7(2)10(11(13)14)8-3-5-9(12)6-4-8/h3-7,10H,1-2H3,(H2,13,14). The van der Waals surface area contributed by atoms with Crippen molar-refractivity contribution < 1.29 is 0 Å². The lowest BCUT2D eigenvalue weighted by molar-refractivity contribution is 0.604. The summed E-state index contributed by atoms with van der Waals surface area (Å²) in [7, 11) is 0. The Bertz CT molecular complexity index is 319. The summed E-state index contributed by atoms with van der Waals surface area (Å²) in [5, 5.41) is 0.735. The van der Waals surface area contributed by atoms with Crippen molar-refractivity contribution in [3.8, 4) is 0 Å². The quantitative estimate of drug-likeness (QED) is 0.802. The van der Waals surface area contributed by atoms with Gasteiger partial charge >= 0.3 is 0 Å². The molecule has 0 bridgehead atoms. The Kier molecular flexibility index (Phi) is 3.90. The van der Waals surface area contributed by atoms with Gasteiger partial charge in [0.15, 0.2) is 0 Å². The second-order valence-corrected chi connectivity index (χ2v) is 4.58. The summed E-state index contributed by atoms with van der Waals surface area (Å²) < 4.78 is 0. The van der Waals surface area contributed by atoms with Crippen LogP contribution in [0.15, 0.2) is 24.3 Å². The molecule has 0 spiro atoms. The summed E-state index contributed by atoms with van der Waals surface area (Å²) in [4.78, 5) is 0.544. The smallest absolute Gasteiger partial charge is 0.0805 e. The summed E-state index contributed by atoms with van der Waals surface area (Å²) >= 11 is 10.9. The first-order chi connectivity index (χ1) is 6.52. The van der Waals surface area contributed by atoms with Crippen LogP contribution in [0.25, 0.3) is 0 Å². The van der Waals surface area contributed by atoms with Gasteiger partial charge in [0.05, 0.1) is 4.99 Å². The van der Waals surface area contributed by atoms with Gasteiger partial charge in [-0.1, -0.05) is 49.8 Å². The number of thiocarbonyl (C=S) groups is 1. The molecule has 14 heavy (non-hydrogen) atoms. The van der Waals surface area contributed by atoms with Crippen LogP contribution in [0.4, 0.5) is 0 Å². The summed E-state index contributed by atoms with van der Waals surface area (Å²) in [6.45, 7) is 4.22. The Morgan fingerprint density at radius 3 is 2.14 bits per heavy atom.